The molecule has 0 aliphatic rings. The molecule has 0 unspecified atom stereocenters. The van der Waals surface area contributed by atoms with E-state index in [2.05, 4.69) is 15.2 Å². The molecule has 0 radical (unpaired) electrons. The van der Waals surface area contributed by atoms with Crippen LogP contribution < -0.4 is 4.74 Å². The highest BCUT2D eigenvalue weighted by Crippen LogP contribution is 2.35. The zero-order valence-electron chi connectivity index (χ0n) is 13.8. The summed E-state index contributed by atoms with van der Waals surface area (Å²) >= 11 is 0. The number of hydrogen-bond donors (Lipinski definition) is 1. The van der Waals surface area contributed by atoms with Crippen molar-refractivity contribution in [2.75, 3.05) is 0 Å². The van der Waals surface area contributed by atoms with E-state index in [0.29, 0.717) is 5.75 Å². The Kier molecular flexibility index (Phi) is 3.95. The minimum Gasteiger partial charge on any atom is -0.450 e. The molecule has 0 aliphatic heterocycles. The van der Waals surface area contributed by atoms with Crippen LogP contribution in [-0.2, 0) is 0 Å². The van der Waals surface area contributed by atoms with E-state index >= 15 is 0 Å². The zero-order valence-corrected chi connectivity index (χ0v) is 13.8. The molecule has 2 aromatic heterocycles. The molecule has 4 rings (SSSR count). The maximum Gasteiger partial charge on any atom is 0.312 e. The van der Waals surface area contributed by atoms with Gasteiger partial charge >= 0.3 is 5.69 Å². The van der Waals surface area contributed by atoms with E-state index in [-0.39, 0.29) is 17.0 Å². The van der Waals surface area contributed by atoms with Crippen molar-refractivity contribution in [2.24, 2.45) is 0 Å². The lowest BCUT2D eigenvalue weighted by atomic mass is 10.1. The molecule has 2 heterocycles. The number of H-pyrrole nitrogens is 1. The van der Waals surface area contributed by atoms with Crippen molar-refractivity contribution >= 4 is 16.6 Å². The second-order valence-corrected chi connectivity index (χ2v) is 5.67. The second kappa shape index (κ2) is 6.57. The quantitative estimate of drug-likeness (QED) is 0.432. The van der Waals surface area contributed by atoms with E-state index in [4.69, 9.17) is 10.00 Å². The van der Waals surface area contributed by atoms with Gasteiger partial charge in [-0.05, 0) is 42.5 Å². The molecule has 8 heteroatoms. The number of nitrogens with one attached hydrogen (secondary N) is 1. The van der Waals surface area contributed by atoms with Crippen molar-refractivity contribution in [1.82, 2.24) is 15.2 Å². The normalized spacial score (nSPS) is 10.5. The molecule has 4 aromatic rings. The van der Waals surface area contributed by atoms with Crippen LogP contribution in [0.3, 0.4) is 0 Å². The van der Waals surface area contributed by atoms with Gasteiger partial charge in [0.05, 0.1) is 22.1 Å². The van der Waals surface area contributed by atoms with Crippen LogP contribution in [-0.4, -0.2) is 20.1 Å². The summed E-state index contributed by atoms with van der Waals surface area (Å²) in [4.78, 5) is 14.7. The number of nitro benzene ring substituents is 1. The molecular weight excluding hydrogens is 346 g/mol. The van der Waals surface area contributed by atoms with E-state index in [9.17, 15) is 10.1 Å². The van der Waals surface area contributed by atoms with Crippen LogP contribution >= 0.6 is 0 Å². The summed E-state index contributed by atoms with van der Waals surface area (Å²) in [6.45, 7) is 0. The fourth-order valence-electron chi connectivity index (χ4n) is 2.73. The van der Waals surface area contributed by atoms with E-state index in [1.807, 2.05) is 18.2 Å². The lowest BCUT2D eigenvalue weighted by Gasteiger charge is -2.07. The molecule has 8 nitrogen and oxygen atoms in total. The van der Waals surface area contributed by atoms with Crippen LogP contribution in [0.2, 0.25) is 0 Å². The number of aromatic amines is 1. The van der Waals surface area contributed by atoms with Crippen molar-refractivity contribution in [1.29, 1.82) is 5.26 Å². The van der Waals surface area contributed by atoms with Crippen molar-refractivity contribution in [3.8, 4) is 28.8 Å². The van der Waals surface area contributed by atoms with Crippen LogP contribution in [0.15, 0.2) is 60.9 Å². The Morgan fingerprint density at radius 3 is 2.67 bits per heavy atom. The Bertz CT molecular complexity index is 1200. The van der Waals surface area contributed by atoms with E-state index < -0.39 is 4.92 Å². The summed E-state index contributed by atoms with van der Waals surface area (Å²) in [5.41, 5.74) is 2.35. The third-order valence-corrected chi connectivity index (χ3v) is 4.00. The van der Waals surface area contributed by atoms with Crippen LogP contribution in [0.4, 0.5) is 5.69 Å². The van der Waals surface area contributed by atoms with Gasteiger partial charge in [0, 0.05) is 29.4 Å². The van der Waals surface area contributed by atoms with Crippen molar-refractivity contribution in [3.63, 3.8) is 0 Å². The Balaban J connectivity index is 1.76. The summed E-state index contributed by atoms with van der Waals surface area (Å²) in [7, 11) is 0. The van der Waals surface area contributed by atoms with Gasteiger partial charge in [0.1, 0.15) is 11.4 Å². The highest BCUT2D eigenvalue weighted by atomic mass is 16.6. The van der Waals surface area contributed by atoms with Crippen molar-refractivity contribution in [3.05, 3.63) is 76.6 Å². The van der Waals surface area contributed by atoms with Gasteiger partial charge in [0.2, 0.25) is 5.75 Å². The number of nitrogens with zero attached hydrogens (tertiary/aromatic N) is 4. The average molecular weight is 357 g/mol. The smallest absolute Gasteiger partial charge is 0.312 e. The topological polar surface area (TPSA) is 118 Å². The molecule has 0 fully saturated rings. The standard InChI is InChI=1S/C19H11N5O3/c20-11-12-1-4-18(17(9-12)24(25)26)27-14-2-3-16-15(10-14)19(23-22-16)13-5-7-21-8-6-13/h1-10H,(H,22,23). The third kappa shape index (κ3) is 3.05. The lowest BCUT2D eigenvalue weighted by molar-refractivity contribution is -0.385. The molecule has 0 amide bonds. The molecular formula is C19H11N5O3. The van der Waals surface area contributed by atoms with E-state index in [0.717, 1.165) is 22.2 Å². The first kappa shape index (κ1) is 16.2. The molecule has 2 aromatic carbocycles. The van der Waals surface area contributed by atoms with Crippen LogP contribution in [0, 0.1) is 21.4 Å². The number of fused-ring (bicyclic) bond motifs is 1. The fourth-order valence-corrected chi connectivity index (χ4v) is 2.73. The SMILES string of the molecule is N#Cc1ccc(Oc2ccc3[nH]nc(-c4ccncc4)c3c2)c([N+](=O)[O-])c1. The molecule has 0 aliphatic carbocycles. The van der Waals surface area contributed by atoms with Crippen molar-refractivity contribution in [2.45, 2.75) is 0 Å². The highest BCUT2D eigenvalue weighted by Gasteiger charge is 2.17. The predicted octanol–water partition coefficient (Wildman–Crippen LogP) is 4.20. The third-order valence-electron chi connectivity index (χ3n) is 4.00. The summed E-state index contributed by atoms with van der Waals surface area (Å²) in [5.74, 6) is 0.485. The van der Waals surface area contributed by atoms with Crippen molar-refractivity contribution < 1.29 is 9.66 Å². The Morgan fingerprint density at radius 2 is 1.93 bits per heavy atom. The fraction of sp³-hybridized carbons (Fsp3) is 0. The molecule has 0 atom stereocenters. The maximum absolute atomic E-state index is 11.3. The minimum atomic E-state index is -0.574. The number of nitro groups is 1. The van der Waals surface area contributed by atoms with Crippen LogP contribution in [0.1, 0.15) is 5.56 Å². The van der Waals surface area contributed by atoms with Gasteiger partial charge in [-0.3, -0.25) is 20.2 Å². The minimum absolute atomic E-state index is 0.0623. The van der Waals surface area contributed by atoms with Gasteiger partial charge in [0.25, 0.3) is 0 Å². The number of hydrogen-bond acceptors (Lipinski definition) is 6. The molecule has 0 spiro atoms. The largest absolute Gasteiger partial charge is 0.450 e. The van der Waals surface area contributed by atoms with Crippen LogP contribution in [0.25, 0.3) is 22.2 Å². The predicted molar refractivity (Wildman–Crippen MR) is 97.2 cm³/mol. The Labute approximate surface area is 152 Å². The second-order valence-electron chi connectivity index (χ2n) is 5.67. The lowest BCUT2D eigenvalue weighted by Crippen LogP contribution is -1.94. The average Bonchev–Trinajstić information content (AvgIpc) is 3.12. The number of pyridine rings is 1. The van der Waals surface area contributed by atoms with E-state index in [1.165, 1.54) is 18.2 Å². The Hall–Kier alpha value is -4.25. The molecule has 130 valence electrons. The zero-order chi connectivity index (χ0) is 18.8. The number of aromatic nitrogens is 3. The number of benzene rings is 2. The van der Waals surface area contributed by atoms with Crippen LogP contribution in [0.5, 0.6) is 11.5 Å². The van der Waals surface area contributed by atoms with Gasteiger partial charge in [-0.1, -0.05) is 0 Å². The summed E-state index contributed by atoms with van der Waals surface area (Å²) < 4.78 is 5.73. The molecule has 0 saturated carbocycles. The number of nitriles is 1. The first-order valence-corrected chi connectivity index (χ1v) is 7.90. The van der Waals surface area contributed by atoms with Gasteiger partial charge < -0.3 is 4.74 Å². The molecule has 0 saturated heterocycles. The number of ether oxygens (including phenoxy) is 1. The molecule has 0 bridgehead atoms. The van der Waals surface area contributed by atoms with Gasteiger partial charge in [-0.15, -0.1) is 0 Å². The first-order chi connectivity index (χ1) is 13.2. The molecule has 1 N–H and O–H groups in total. The first-order valence-electron chi connectivity index (χ1n) is 7.90. The highest BCUT2D eigenvalue weighted by molar-refractivity contribution is 5.93. The monoisotopic (exact) mass is 357 g/mol. The summed E-state index contributed by atoms with van der Waals surface area (Å²) in [6.07, 6.45) is 3.35. The van der Waals surface area contributed by atoms with E-state index in [1.54, 1.807) is 30.6 Å². The summed E-state index contributed by atoms with van der Waals surface area (Å²) in [5, 5.41) is 28.3. The Morgan fingerprint density at radius 1 is 1.11 bits per heavy atom. The molecule has 27 heavy (non-hydrogen) atoms. The number of rotatable bonds is 4. The maximum atomic E-state index is 11.3. The summed E-state index contributed by atoms with van der Waals surface area (Å²) in [6, 6.07) is 14.9. The van der Waals surface area contributed by atoms with Gasteiger partial charge in [-0.25, -0.2) is 0 Å². The van der Waals surface area contributed by atoms with Gasteiger partial charge in [0.15, 0.2) is 0 Å². The van der Waals surface area contributed by atoms with Gasteiger partial charge in [-0.2, -0.15) is 10.4 Å².